The maximum absolute atomic E-state index is 11.9. The lowest BCUT2D eigenvalue weighted by Gasteiger charge is -2.08. The molecular weight excluding hydrogens is 275 g/mol. The van der Waals surface area contributed by atoms with Gasteiger partial charge in [-0.1, -0.05) is 47.8 Å². The van der Waals surface area contributed by atoms with Crippen molar-refractivity contribution < 1.29 is 4.79 Å². The Bertz CT molecular complexity index is 363. The Morgan fingerprint density at radius 3 is 2.80 bits per heavy atom. The molecule has 0 amide bonds. The Morgan fingerprint density at radius 2 is 2.20 bits per heavy atom. The number of benzene rings is 1. The number of halogens is 2. The van der Waals surface area contributed by atoms with Gasteiger partial charge in [0.15, 0.2) is 5.78 Å². The zero-order valence-corrected chi connectivity index (χ0v) is 11.2. The normalized spacial score (nSPS) is 12.5. The van der Waals surface area contributed by atoms with Gasteiger partial charge in [-0.15, -0.1) is 0 Å². The fourth-order valence-corrected chi connectivity index (χ4v) is 1.92. The Kier molecular flexibility index (Phi) is 4.81. The van der Waals surface area contributed by atoms with E-state index in [0.717, 1.165) is 10.9 Å². The van der Waals surface area contributed by atoms with Crippen LogP contribution in [0.2, 0.25) is 5.02 Å². The molecule has 1 nitrogen and oxygen atoms in total. The van der Waals surface area contributed by atoms with E-state index in [9.17, 15) is 4.79 Å². The van der Waals surface area contributed by atoms with Gasteiger partial charge >= 0.3 is 0 Å². The van der Waals surface area contributed by atoms with Crippen molar-refractivity contribution in [3.8, 4) is 0 Å². The summed E-state index contributed by atoms with van der Waals surface area (Å²) in [5, 5.41) is 0.603. The van der Waals surface area contributed by atoms with E-state index >= 15 is 0 Å². The molecule has 0 aliphatic heterocycles. The van der Waals surface area contributed by atoms with Crippen molar-refractivity contribution in [2.75, 3.05) is 0 Å². The lowest BCUT2D eigenvalue weighted by atomic mass is 9.98. The summed E-state index contributed by atoms with van der Waals surface area (Å²) in [5.74, 6) is 0.571. The summed E-state index contributed by atoms with van der Waals surface area (Å²) < 4.78 is 0.820. The SMILES string of the molecule is CCC(C)CC(=O)c1cc(Cl)ccc1Br. The molecule has 1 aromatic rings. The molecule has 0 radical (unpaired) electrons. The average Bonchev–Trinajstić information content (AvgIpc) is 2.21. The highest BCUT2D eigenvalue weighted by atomic mass is 79.9. The number of rotatable bonds is 4. The first-order valence-electron chi connectivity index (χ1n) is 5.02. The molecule has 0 bridgehead atoms. The van der Waals surface area contributed by atoms with E-state index < -0.39 is 0 Å². The molecule has 1 unspecified atom stereocenters. The molecule has 1 aromatic carbocycles. The van der Waals surface area contributed by atoms with Crippen LogP contribution in [0, 0.1) is 5.92 Å². The Hall–Kier alpha value is -0.340. The van der Waals surface area contributed by atoms with Gasteiger partial charge in [-0.25, -0.2) is 0 Å². The van der Waals surface area contributed by atoms with Gasteiger partial charge in [0.1, 0.15) is 0 Å². The van der Waals surface area contributed by atoms with Crippen molar-refractivity contribution in [3.63, 3.8) is 0 Å². The predicted molar refractivity (Wildman–Crippen MR) is 67.6 cm³/mol. The lowest BCUT2D eigenvalue weighted by molar-refractivity contribution is 0.0963. The molecule has 82 valence electrons. The summed E-state index contributed by atoms with van der Waals surface area (Å²) in [6.45, 7) is 4.17. The van der Waals surface area contributed by atoms with Crippen LogP contribution >= 0.6 is 27.5 Å². The van der Waals surface area contributed by atoms with Crippen LogP contribution in [0.5, 0.6) is 0 Å². The maximum Gasteiger partial charge on any atom is 0.164 e. The van der Waals surface area contributed by atoms with Gasteiger partial charge in [-0.3, -0.25) is 4.79 Å². The molecule has 0 spiro atoms. The Labute approximate surface area is 104 Å². The van der Waals surface area contributed by atoms with Gasteiger partial charge in [0.05, 0.1) is 0 Å². The highest BCUT2D eigenvalue weighted by Crippen LogP contribution is 2.24. The van der Waals surface area contributed by atoms with E-state index in [4.69, 9.17) is 11.6 Å². The third-order valence-corrected chi connectivity index (χ3v) is 3.39. The van der Waals surface area contributed by atoms with Crippen LogP contribution in [0.3, 0.4) is 0 Å². The molecule has 0 aromatic heterocycles. The average molecular weight is 290 g/mol. The highest BCUT2D eigenvalue weighted by molar-refractivity contribution is 9.10. The van der Waals surface area contributed by atoms with Gasteiger partial charge in [0.2, 0.25) is 0 Å². The molecule has 1 rings (SSSR count). The smallest absolute Gasteiger partial charge is 0.164 e. The number of ketones is 1. The van der Waals surface area contributed by atoms with E-state index in [0.29, 0.717) is 22.9 Å². The van der Waals surface area contributed by atoms with Crippen molar-refractivity contribution >= 4 is 33.3 Å². The highest BCUT2D eigenvalue weighted by Gasteiger charge is 2.13. The van der Waals surface area contributed by atoms with E-state index in [2.05, 4.69) is 29.8 Å². The van der Waals surface area contributed by atoms with Gasteiger partial charge < -0.3 is 0 Å². The molecule has 3 heteroatoms. The van der Waals surface area contributed by atoms with Crippen molar-refractivity contribution in [1.29, 1.82) is 0 Å². The number of hydrogen-bond acceptors (Lipinski definition) is 1. The fraction of sp³-hybridized carbons (Fsp3) is 0.417. The summed E-state index contributed by atoms with van der Waals surface area (Å²) >= 11 is 9.22. The van der Waals surface area contributed by atoms with Gasteiger partial charge in [0.25, 0.3) is 0 Å². The van der Waals surface area contributed by atoms with Crippen molar-refractivity contribution in [3.05, 3.63) is 33.3 Å². The minimum atomic E-state index is 0.152. The third kappa shape index (κ3) is 3.62. The molecule has 15 heavy (non-hydrogen) atoms. The lowest BCUT2D eigenvalue weighted by Crippen LogP contribution is -2.06. The Morgan fingerprint density at radius 1 is 1.53 bits per heavy atom. The second-order valence-corrected chi connectivity index (χ2v) is 5.06. The number of carbonyl (C=O) groups excluding carboxylic acids is 1. The van der Waals surface area contributed by atoms with E-state index in [1.165, 1.54) is 0 Å². The molecule has 0 heterocycles. The second kappa shape index (κ2) is 5.66. The molecular formula is C12H14BrClO. The topological polar surface area (TPSA) is 17.1 Å². The predicted octanol–water partition coefficient (Wildman–Crippen LogP) is 4.72. The van der Waals surface area contributed by atoms with Crippen LogP contribution in [0.4, 0.5) is 0 Å². The summed E-state index contributed by atoms with van der Waals surface area (Å²) in [7, 11) is 0. The van der Waals surface area contributed by atoms with Crippen LogP contribution in [0.25, 0.3) is 0 Å². The molecule has 0 aliphatic carbocycles. The van der Waals surface area contributed by atoms with Crippen molar-refractivity contribution in [1.82, 2.24) is 0 Å². The minimum absolute atomic E-state index is 0.152. The number of hydrogen-bond donors (Lipinski definition) is 0. The monoisotopic (exact) mass is 288 g/mol. The molecule has 0 aliphatic rings. The van der Waals surface area contributed by atoms with Crippen LogP contribution in [-0.4, -0.2) is 5.78 Å². The van der Waals surface area contributed by atoms with Crippen molar-refractivity contribution in [2.45, 2.75) is 26.7 Å². The standard InChI is InChI=1S/C12H14BrClO/c1-3-8(2)6-12(15)10-7-9(14)4-5-11(10)13/h4-5,7-8H,3,6H2,1-2H3. The minimum Gasteiger partial charge on any atom is -0.294 e. The zero-order valence-electron chi connectivity index (χ0n) is 8.89. The number of Topliss-reactive ketones (excluding diaryl/α,β-unsaturated/α-hetero) is 1. The molecule has 0 fully saturated rings. The van der Waals surface area contributed by atoms with Crippen LogP contribution in [0.1, 0.15) is 37.0 Å². The number of carbonyl (C=O) groups is 1. The first-order chi connectivity index (χ1) is 7.04. The van der Waals surface area contributed by atoms with E-state index in [1.807, 2.05) is 6.07 Å². The van der Waals surface area contributed by atoms with E-state index in [1.54, 1.807) is 12.1 Å². The zero-order chi connectivity index (χ0) is 11.4. The molecule has 0 N–H and O–H groups in total. The summed E-state index contributed by atoms with van der Waals surface area (Å²) in [4.78, 5) is 11.9. The van der Waals surface area contributed by atoms with Gasteiger partial charge in [0, 0.05) is 21.5 Å². The summed E-state index contributed by atoms with van der Waals surface area (Å²) in [5.41, 5.74) is 0.683. The van der Waals surface area contributed by atoms with Crippen LogP contribution < -0.4 is 0 Å². The maximum atomic E-state index is 11.9. The summed E-state index contributed by atoms with van der Waals surface area (Å²) in [6, 6.07) is 5.30. The summed E-state index contributed by atoms with van der Waals surface area (Å²) in [6.07, 6.45) is 1.60. The van der Waals surface area contributed by atoms with Crippen LogP contribution in [-0.2, 0) is 0 Å². The fourth-order valence-electron chi connectivity index (χ4n) is 1.28. The second-order valence-electron chi connectivity index (χ2n) is 3.76. The Balaban J connectivity index is 2.86. The largest absolute Gasteiger partial charge is 0.294 e. The molecule has 1 atom stereocenters. The van der Waals surface area contributed by atoms with Gasteiger partial charge in [-0.05, 0) is 24.1 Å². The first kappa shape index (κ1) is 12.7. The van der Waals surface area contributed by atoms with Gasteiger partial charge in [-0.2, -0.15) is 0 Å². The van der Waals surface area contributed by atoms with Crippen LogP contribution in [0.15, 0.2) is 22.7 Å². The van der Waals surface area contributed by atoms with E-state index in [-0.39, 0.29) is 5.78 Å². The van der Waals surface area contributed by atoms with Crippen molar-refractivity contribution in [2.24, 2.45) is 5.92 Å². The quantitative estimate of drug-likeness (QED) is 0.733. The first-order valence-corrected chi connectivity index (χ1v) is 6.20. The molecule has 0 saturated heterocycles. The third-order valence-electron chi connectivity index (χ3n) is 2.46. The molecule has 0 saturated carbocycles.